The van der Waals surface area contributed by atoms with Gasteiger partial charge in [0.1, 0.15) is 5.01 Å². The van der Waals surface area contributed by atoms with E-state index in [-0.39, 0.29) is 5.91 Å². The van der Waals surface area contributed by atoms with Gasteiger partial charge in [-0.05, 0) is 31.2 Å². The van der Waals surface area contributed by atoms with E-state index >= 15 is 0 Å². The van der Waals surface area contributed by atoms with Crippen LogP contribution in [-0.4, -0.2) is 25.0 Å². The molecule has 0 spiro atoms. The molecule has 1 heterocycles. The molecule has 1 aromatic heterocycles. The van der Waals surface area contributed by atoms with Crippen molar-refractivity contribution in [2.24, 2.45) is 0 Å². The van der Waals surface area contributed by atoms with E-state index in [9.17, 15) is 4.79 Å². The van der Waals surface area contributed by atoms with Gasteiger partial charge >= 0.3 is 0 Å². The number of hydrogen-bond acceptors (Lipinski definition) is 4. The van der Waals surface area contributed by atoms with Crippen LogP contribution in [0.25, 0.3) is 0 Å². The third kappa shape index (κ3) is 3.54. The number of thiazole rings is 1. The molecule has 5 heteroatoms. The Labute approximate surface area is 117 Å². The highest BCUT2D eigenvalue weighted by Gasteiger charge is 2.06. The van der Waals surface area contributed by atoms with Crippen LogP contribution in [0.5, 0.6) is 0 Å². The topological polar surface area (TPSA) is 45.2 Å². The van der Waals surface area contributed by atoms with Crippen LogP contribution >= 0.6 is 11.3 Å². The van der Waals surface area contributed by atoms with E-state index in [0.29, 0.717) is 12.1 Å². The van der Waals surface area contributed by atoms with Gasteiger partial charge in [-0.2, -0.15) is 0 Å². The molecule has 2 aromatic rings. The van der Waals surface area contributed by atoms with Crippen molar-refractivity contribution in [2.45, 2.75) is 13.5 Å². The molecular formula is C14H17N3OS. The minimum atomic E-state index is -0.0711. The fourth-order valence-corrected chi connectivity index (χ4v) is 2.36. The standard InChI is InChI=1S/C14H17N3OS/c1-10-9-19-13(16-10)8-15-14(18)11-4-6-12(7-5-11)17(2)3/h4-7,9H,8H2,1-3H3,(H,15,18). The summed E-state index contributed by atoms with van der Waals surface area (Å²) in [6, 6.07) is 7.53. The maximum Gasteiger partial charge on any atom is 0.251 e. The Morgan fingerprint density at radius 1 is 1.32 bits per heavy atom. The van der Waals surface area contributed by atoms with Crippen molar-refractivity contribution in [3.05, 3.63) is 45.9 Å². The molecule has 100 valence electrons. The zero-order chi connectivity index (χ0) is 13.8. The number of carbonyl (C=O) groups is 1. The second-order valence-corrected chi connectivity index (χ2v) is 5.45. The number of benzene rings is 1. The Balaban J connectivity index is 1.96. The Morgan fingerprint density at radius 3 is 2.53 bits per heavy atom. The van der Waals surface area contributed by atoms with Crippen molar-refractivity contribution in [3.63, 3.8) is 0 Å². The summed E-state index contributed by atoms with van der Waals surface area (Å²) in [6.07, 6.45) is 0. The van der Waals surface area contributed by atoms with Gasteiger partial charge in [0.05, 0.1) is 6.54 Å². The van der Waals surface area contributed by atoms with Gasteiger partial charge in [0.2, 0.25) is 0 Å². The summed E-state index contributed by atoms with van der Waals surface area (Å²) >= 11 is 1.56. The molecule has 0 saturated carbocycles. The van der Waals surface area contributed by atoms with Crippen LogP contribution in [0.2, 0.25) is 0 Å². The fourth-order valence-electron chi connectivity index (χ4n) is 1.65. The van der Waals surface area contributed by atoms with E-state index in [0.717, 1.165) is 16.4 Å². The van der Waals surface area contributed by atoms with E-state index in [4.69, 9.17) is 0 Å². The zero-order valence-electron chi connectivity index (χ0n) is 11.3. The van der Waals surface area contributed by atoms with Crippen molar-refractivity contribution in [1.82, 2.24) is 10.3 Å². The lowest BCUT2D eigenvalue weighted by Crippen LogP contribution is -2.22. The number of aryl methyl sites for hydroxylation is 1. The Bertz CT molecular complexity index is 560. The molecule has 0 bridgehead atoms. The molecule has 0 unspecified atom stereocenters. The van der Waals surface area contributed by atoms with Gasteiger partial charge in [-0.1, -0.05) is 0 Å². The van der Waals surface area contributed by atoms with Crippen LogP contribution in [0, 0.1) is 6.92 Å². The highest BCUT2D eigenvalue weighted by molar-refractivity contribution is 7.09. The summed E-state index contributed by atoms with van der Waals surface area (Å²) in [6.45, 7) is 2.43. The smallest absolute Gasteiger partial charge is 0.251 e. The van der Waals surface area contributed by atoms with Gasteiger partial charge in [0, 0.05) is 36.4 Å². The first-order valence-electron chi connectivity index (χ1n) is 6.03. The first-order chi connectivity index (χ1) is 9.06. The van der Waals surface area contributed by atoms with Gasteiger partial charge in [-0.15, -0.1) is 11.3 Å². The molecular weight excluding hydrogens is 258 g/mol. The van der Waals surface area contributed by atoms with Gasteiger partial charge < -0.3 is 10.2 Å². The van der Waals surface area contributed by atoms with E-state index in [1.165, 1.54) is 0 Å². The summed E-state index contributed by atoms with van der Waals surface area (Å²) in [5.74, 6) is -0.0711. The maximum atomic E-state index is 12.0. The molecule has 0 aliphatic heterocycles. The zero-order valence-corrected chi connectivity index (χ0v) is 12.1. The molecule has 1 aromatic carbocycles. The third-order valence-electron chi connectivity index (χ3n) is 2.71. The number of anilines is 1. The minimum absolute atomic E-state index is 0.0711. The maximum absolute atomic E-state index is 12.0. The number of rotatable bonds is 4. The predicted molar refractivity (Wildman–Crippen MR) is 78.8 cm³/mol. The van der Waals surface area contributed by atoms with E-state index in [2.05, 4.69) is 10.3 Å². The summed E-state index contributed by atoms with van der Waals surface area (Å²) in [5.41, 5.74) is 2.73. The van der Waals surface area contributed by atoms with Crippen molar-refractivity contribution in [2.75, 3.05) is 19.0 Å². The van der Waals surface area contributed by atoms with Gasteiger partial charge in [0.25, 0.3) is 5.91 Å². The molecule has 1 amide bonds. The number of aromatic nitrogens is 1. The quantitative estimate of drug-likeness (QED) is 0.932. The van der Waals surface area contributed by atoms with Crippen LogP contribution in [-0.2, 0) is 6.54 Å². The lowest BCUT2D eigenvalue weighted by atomic mass is 10.2. The number of nitrogens with zero attached hydrogens (tertiary/aromatic N) is 2. The molecule has 1 N–H and O–H groups in total. The Kier molecular flexibility index (Phi) is 4.16. The molecule has 4 nitrogen and oxygen atoms in total. The number of nitrogens with one attached hydrogen (secondary N) is 1. The lowest BCUT2D eigenvalue weighted by molar-refractivity contribution is 0.0951. The molecule has 0 atom stereocenters. The van der Waals surface area contributed by atoms with Gasteiger partial charge in [-0.3, -0.25) is 4.79 Å². The van der Waals surface area contributed by atoms with Crippen molar-refractivity contribution in [3.8, 4) is 0 Å². The second kappa shape index (κ2) is 5.84. The van der Waals surface area contributed by atoms with Crippen LogP contribution in [0.15, 0.2) is 29.6 Å². The largest absolute Gasteiger partial charge is 0.378 e. The Morgan fingerprint density at radius 2 is 2.00 bits per heavy atom. The second-order valence-electron chi connectivity index (χ2n) is 4.51. The monoisotopic (exact) mass is 275 g/mol. The van der Waals surface area contributed by atoms with Crippen molar-refractivity contribution < 1.29 is 4.79 Å². The number of carbonyl (C=O) groups excluding carboxylic acids is 1. The normalized spacial score (nSPS) is 10.3. The van der Waals surface area contributed by atoms with E-state index < -0.39 is 0 Å². The fraction of sp³-hybridized carbons (Fsp3) is 0.286. The average molecular weight is 275 g/mol. The molecule has 0 aliphatic rings. The minimum Gasteiger partial charge on any atom is -0.378 e. The van der Waals surface area contributed by atoms with Crippen LogP contribution in [0.3, 0.4) is 0 Å². The Hall–Kier alpha value is -1.88. The third-order valence-corrected chi connectivity index (χ3v) is 3.68. The van der Waals surface area contributed by atoms with Crippen LogP contribution in [0.4, 0.5) is 5.69 Å². The molecule has 2 rings (SSSR count). The van der Waals surface area contributed by atoms with Crippen LogP contribution in [0.1, 0.15) is 21.1 Å². The van der Waals surface area contributed by atoms with Crippen molar-refractivity contribution in [1.29, 1.82) is 0 Å². The molecule has 0 fully saturated rings. The summed E-state index contributed by atoms with van der Waals surface area (Å²) in [7, 11) is 3.94. The summed E-state index contributed by atoms with van der Waals surface area (Å²) < 4.78 is 0. The average Bonchev–Trinajstić information content (AvgIpc) is 2.82. The van der Waals surface area contributed by atoms with Gasteiger partial charge in [0.15, 0.2) is 0 Å². The SMILES string of the molecule is Cc1csc(CNC(=O)c2ccc(N(C)C)cc2)n1. The van der Waals surface area contributed by atoms with Crippen molar-refractivity contribution >= 4 is 22.9 Å². The molecule has 0 radical (unpaired) electrons. The summed E-state index contributed by atoms with van der Waals surface area (Å²) in [5, 5.41) is 5.78. The first kappa shape index (κ1) is 13.5. The molecule has 19 heavy (non-hydrogen) atoms. The van der Waals surface area contributed by atoms with E-state index in [1.807, 2.05) is 55.6 Å². The first-order valence-corrected chi connectivity index (χ1v) is 6.91. The lowest BCUT2D eigenvalue weighted by Gasteiger charge is -2.12. The predicted octanol–water partition coefficient (Wildman–Crippen LogP) is 2.45. The van der Waals surface area contributed by atoms with Gasteiger partial charge in [-0.25, -0.2) is 4.98 Å². The number of amides is 1. The molecule has 0 aliphatic carbocycles. The molecule has 0 saturated heterocycles. The number of hydrogen-bond donors (Lipinski definition) is 1. The highest BCUT2D eigenvalue weighted by Crippen LogP contribution is 2.13. The van der Waals surface area contributed by atoms with Crippen LogP contribution < -0.4 is 10.2 Å². The van der Waals surface area contributed by atoms with E-state index in [1.54, 1.807) is 11.3 Å². The highest BCUT2D eigenvalue weighted by atomic mass is 32.1. The summed E-state index contributed by atoms with van der Waals surface area (Å²) in [4.78, 5) is 18.3.